The molecule has 5 heteroatoms. The number of hydrogen-bond donors (Lipinski definition) is 1. The first-order valence-corrected chi connectivity index (χ1v) is 8.53. The van der Waals surface area contributed by atoms with Gasteiger partial charge in [0.15, 0.2) is 0 Å². The predicted octanol–water partition coefficient (Wildman–Crippen LogP) is 5.21. The second-order valence-corrected chi connectivity index (χ2v) is 6.62. The monoisotopic (exact) mass is 340 g/mol. The quantitative estimate of drug-likeness (QED) is 0.708. The van der Waals surface area contributed by atoms with E-state index in [1.165, 1.54) is 23.5 Å². The van der Waals surface area contributed by atoms with Gasteiger partial charge >= 0.3 is 0 Å². The molecule has 0 unspecified atom stereocenters. The molecule has 0 saturated heterocycles. The fraction of sp³-hybridized carbons (Fsp3) is 0.158. The van der Waals surface area contributed by atoms with Crippen molar-refractivity contribution in [2.75, 3.05) is 5.32 Å². The van der Waals surface area contributed by atoms with Crippen LogP contribution in [0.15, 0.2) is 53.9 Å². The molecule has 0 aliphatic rings. The first-order valence-electron chi connectivity index (χ1n) is 7.65. The highest BCUT2D eigenvalue weighted by Gasteiger charge is 2.09. The number of anilines is 1. The van der Waals surface area contributed by atoms with Gasteiger partial charge in [0.1, 0.15) is 10.8 Å². The van der Waals surface area contributed by atoms with Gasteiger partial charge in [-0.1, -0.05) is 26.0 Å². The molecule has 1 N–H and O–H groups in total. The van der Waals surface area contributed by atoms with Crippen molar-refractivity contribution in [2.24, 2.45) is 5.92 Å². The number of carbonyl (C=O) groups is 1. The lowest BCUT2D eigenvalue weighted by molar-refractivity contribution is -0.118. The molecule has 1 heterocycles. The lowest BCUT2D eigenvalue weighted by Gasteiger charge is -2.07. The van der Waals surface area contributed by atoms with E-state index < -0.39 is 0 Å². The molecule has 2 aromatic carbocycles. The molecule has 3 rings (SSSR count). The number of nitrogens with zero attached hydrogens (tertiary/aromatic N) is 1. The van der Waals surface area contributed by atoms with E-state index in [0.717, 1.165) is 27.5 Å². The van der Waals surface area contributed by atoms with Gasteiger partial charge in [-0.2, -0.15) is 0 Å². The van der Waals surface area contributed by atoms with Gasteiger partial charge in [-0.3, -0.25) is 4.79 Å². The van der Waals surface area contributed by atoms with Gasteiger partial charge in [-0.05, 0) is 36.4 Å². The van der Waals surface area contributed by atoms with Crippen LogP contribution in [0.1, 0.15) is 13.8 Å². The second kappa shape index (κ2) is 6.93. The van der Waals surface area contributed by atoms with Crippen LogP contribution in [-0.2, 0) is 4.79 Å². The molecule has 122 valence electrons. The van der Waals surface area contributed by atoms with E-state index >= 15 is 0 Å². The third-order valence-electron chi connectivity index (χ3n) is 3.57. The molecular weight excluding hydrogens is 323 g/mol. The average Bonchev–Trinajstić information content (AvgIpc) is 3.06. The number of carbonyl (C=O) groups excluding carboxylic acids is 1. The summed E-state index contributed by atoms with van der Waals surface area (Å²) in [5.41, 5.74) is 3.50. The van der Waals surface area contributed by atoms with E-state index in [2.05, 4.69) is 10.3 Å². The Balaban J connectivity index is 1.78. The van der Waals surface area contributed by atoms with Crippen LogP contribution in [0.5, 0.6) is 0 Å². The maximum atomic E-state index is 13.0. The summed E-state index contributed by atoms with van der Waals surface area (Å²) in [6.07, 6.45) is 0. The number of aromatic nitrogens is 1. The molecule has 0 spiro atoms. The van der Waals surface area contributed by atoms with Crippen LogP contribution in [0.2, 0.25) is 0 Å². The topological polar surface area (TPSA) is 42.0 Å². The third-order valence-corrected chi connectivity index (χ3v) is 4.46. The number of hydrogen-bond acceptors (Lipinski definition) is 3. The first kappa shape index (κ1) is 16.3. The summed E-state index contributed by atoms with van der Waals surface area (Å²) in [5.74, 6) is -0.314. The molecule has 0 atom stereocenters. The molecule has 0 radical (unpaired) electrons. The largest absolute Gasteiger partial charge is 0.326 e. The van der Waals surface area contributed by atoms with Crippen molar-refractivity contribution in [1.29, 1.82) is 0 Å². The Hall–Kier alpha value is -2.53. The summed E-state index contributed by atoms with van der Waals surface area (Å²) >= 11 is 1.52. The van der Waals surface area contributed by atoms with E-state index in [0.29, 0.717) is 0 Å². The smallest absolute Gasteiger partial charge is 0.226 e. The molecule has 1 aromatic heterocycles. The lowest BCUT2D eigenvalue weighted by atomic mass is 10.1. The summed E-state index contributed by atoms with van der Waals surface area (Å²) in [4.78, 5) is 16.3. The molecule has 0 aliphatic heterocycles. The number of rotatable bonds is 4. The Labute approximate surface area is 144 Å². The lowest BCUT2D eigenvalue weighted by Crippen LogP contribution is -2.17. The van der Waals surface area contributed by atoms with Crippen LogP contribution in [-0.4, -0.2) is 10.9 Å². The predicted molar refractivity (Wildman–Crippen MR) is 96.4 cm³/mol. The van der Waals surface area contributed by atoms with Crippen LogP contribution in [0.3, 0.4) is 0 Å². The van der Waals surface area contributed by atoms with Gasteiger partial charge in [0.05, 0.1) is 5.69 Å². The van der Waals surface area contributed by atoms with Crippen LogP contribution in [0, 0.1) is 11.7 Å². The molecular formula is C19H17FN2OS. The van der Waals surface area contributed by atoms with E-state index in [-0.39, 0.29) is 17.6 Å². The highest BCUT2D eigenvalue weighted by atomic mass is 32.1. The minimum atomic E-state index is -0.255. The molecule has 0 saturated carbocycles. The van der Waals surface area contributed by atoms with E-state index in [1.807, 2.05) is 43.5 Å². The van der Waals surface area contributed by atoms with Crippen LogP contribution in [0.25, 0.3) is 21.8 Å². The minimum absolute atomic E-state index is 0.00463. The van der Waals surface area contributed by atoms with Gasteiger partial charge < -0.3 is 5.32 Å². The van der Waals surface area contributed by atoms with Crippen molar-refractivity contribution in [2.45, 2.75) is 13.8 Å². The fourth-order valence-electron chi connectivity index (χ4n) is 2.14. The molecule has 0 aliphatic carbocycles. The van der Waals surface area contributed by atoms with Crippen molar-refractivity contribution < 1.29 is 9.18 Å². The Bertz CT molecular complexity index is 839. The molecule has 1 amide bonds. The van der Waals surface area contributed by atoms with Crippen LogP contribution in [0.4, 0.5) is 10.1 Å². The van der Waals surface area contributed by atoms with Crippen molar-refractivity contribution in [3.8, 4) is 21.8 Å². The fourth-order valence-corrected chi connectivity index (χ4v) is 2.98. The van der Waals surface area contributed by atoms with Gasteiger partial charge in [0, 0.05) is 28.1 Å². The summed E-state index contributed by atoms with van der Waals surface area (Å²) in [6, 6.07) is 13.9. The maximum Gasteiger partial charge on any atom is 0.226 e. The number of halogens is 1. The zero-order valence-corrected chi connectivity index (χ0v) is 14.2. The Kier molecular flexibility index (Phi) is 4.71. The number of amides is 1. The zero-order chi connectivity index (χ0) is 17.1. The van der Waals surface area contributed by atoms with Crippen LogP contribution >= 0.6 is 11.3 Å². The Morgan fingerprint density at radius 2 is 1.67 bits per heavy atom. The van der Waals surface area contributed by atoms with Crippen molar-refractivity contribution in [1.82, 2.24) is 4.98 Å². The van der Waals surface area contributed by atoms with Gasteiger partial charge in [0.25, 0.3) is 0 Å². The Morgan fingerprint density at radius 3 is 2.29 bits per heavy atom. The number of thiazole rings is 1. The van der Waals surface area contributed by atoms with Gasteiger partial charge in [0.2, 0.25) is 5.91 Å². The molecule has 0 bridgehead atoms. The summed E-state index contributed by atoms with van der Waals surface area (Å²) in [5, 5.41) is 5.69. The maximum absolute atomic E-state index is 13.0. The van der Waals surface area contributed by atoms with Crippen molar-refractivity contribution in [3.05, 3.63) is 59.7 Å². The third kappa shape index (κ3) is 3.68. The SMILES string of the molecule is CC(C)C(=O)Nc1ccc(-c2csc(-c3ccc(F)cc3)n2)cc1. The standard InChI is InChI=1S/C19H17FN2OS/c1-12(2)18(23)21-16-9-5-13(6-10-16)17-11-24-19(22-17)14-3-7-15(20)8-4-14/h3-12H,1-2H3,(H,21,23). The van der Waals surface area contributed by atoms with Gasteiger partial charge in [-0.25, -0.2) is 9.37 Å². The molecule has 3 aromatic rings. The minimum Gasteiger partial charge on any atom is -0.326 e. The zero-order valence-electron chi connectivity index (χ0n) is 13.4. The van der Waals surface area contributed by atoms with E-state index in [9.17, 15) is 9.18 Å². The average molecular weight is 340 g/mol. The van der Waals surface area contributed by atoms with E-state index in [4.69, 9.17) is 0 Å². The Morgan fingerprint density at radius 1 is 1.04 bits per heavy atom. The highest BCUT2D eigenvalue weighted by molar-refractivity contribution is 7.13. The molecule has 24 heavy (non-hydrogen) atoms. The summed E-state index contributed by atoms with van der Waals surface area (Å²) in [6.45, 7) is 3.71. The molecule has 0 fully saturated rings. The molecule has 3 nitrogen and oxygen atoms in total. The van der Waals surface area contributed by atoms with E-state index in [1.54, 1.807) is 12.1 Å². The van der Waals surface area contributed by atoms with Gasteiger partial charge in [-0.15, -0.1) is 11.3 Å². The highest BCUT2D eigenvalue weighted by Crippen LogP contribution is 2.29. The summed E-state index contributed by atoms with van der Waals surface area (Å²) in [7, 11) is 0. The first-order chi connectivity index (χ1) is 11.5. The normalized spacial score (nSPS) is 10.8. The number of benzene rings is 2. The van der Waals surface area contributed by atoms with Crippen LogP contribution < -0.4 is 5.32 Å². The second-order valence-electron chi connectivity index (χ2n) is 5.77. The van der Waals surface area contributed by atoms with Crippen molar-refractivity contribution >= 4 is 22.9 Å². The number of nitrogens with one attached hydrogen (secondary N) is 1. The van der Waals surface area contributed by atoms with Crippen molar-refractivity contribution in [3.63, 3.8) is 0 Å². The summed E-state index contributed by atoms with van der Waals surface area (Å²) < 4.78 is 13.0.